The van der Waals surface area contributed by atoms with Gasteiger partial charge in [-0.1, -0.05) is 32.0 Å². The normalized spacial score (nSPS) is 16.9. The fourth-order valence-corrected chi connectivity index (χ4v) is 3.59. The minimum Gasteiger partial charge on any atom is -0.483 e. The lowest BCUT2D eigenvalue weighted by Gasteiger charge is -2.33. The zero-order valence-corrected chi connectivity index (χ0v) is 17.4. The van der Waals surface area contributed by atoms with E-state index in [9.17, 15) is 4.79 Å². The molecule has 5 nitrogen and oxygen atoms in total. The van der Waals surface area contributed by atoms with Crippen molar-refractivity contribution in [3.8, 4) is 5.75 Å². The second-order valence-electron chi connectivity index (χ2n) is 7.69. The molecule has 1 saturated heterocycles. The van der Waals surface area contributed by atoms with Crippen LogP contribution in [0.4, 0.5) is 0 Å². The number of carbonyl (C=O) groups is 1. The Morgan fingerprint density at radius 3 is 2.67 bits per heavy atom. The van der Waals surface area contributed by atoms with Gasteiger partial charge in [0, 0.05) is 27.2 Å². The number of amides is 1. The first-order chi connectivity index (χ1) is 13.0. The molecule has 1 aromatic rings. The molecule has 0 unspecified atom stereocenters. The van der Waals surface area contributed by atoms with Crippen LogP contribution in [0.15, 0.2) is 24.3 Å². The predicted molar refractivity (Wildman–Crippen MR) is 109 cm³/mol. The van der Waals surface area contributed by atoms with Gasteiger partial charge in [0.1, 0.15) is 5.75 Å². The van der Waals surface area contributed by atoms with Crippen molar-refractivity contribution in [2.75, 3.05) is 53.6 Å². The van der Waals surface area contributed by atoms with E-state index < -0.39 is 0 Å². The van der Waals surface area contributed by atoms with E-state index in [0.717, 1.165) is 57.8 Å². The standard InChI is InChI=1S/C22H36N2O3/c1-5-18(2)20-8-6-7-9-21(20)27-17-22(25)23(3)16-19-10-12-24(13-11-19)14-15-26-4/h6-9,18-19H,5,10-17H2,1-4H3/t18-/m0/s1. The average molecular weight is 377 g/mol. The molecule has 0 spiro atoms. The van der Waals surface area contributed by atoms with Gasteiger partial charge in [-0.25, -0.2) is 0 Å². The summed E-state index contributed by atoms with van der Waals surface area (Å²) in [5, 5.41) is 0. The number of carbonyl (C=O) groups excluding carboxylic acids is 1. The van der Waals surface area contributed by atoms with Crippen LogP contribution in [0.2, 0.25) is 0 Å². The molecule has 0 radical (unpaired) electrons. The van der Waals surface area contributed by atoms with E-state index in [0.29, 0.717) is 11.8 Å². The summed E-state index contributed by atoms with van der Waals surface area (Å²) in [6.07, 6.45) is 3.33. The Hall–Kier alpha value is -1.59. The summed E-state index contributed by atoms with van der Waals surface area (Å²) < 4.78 is 11.0. The Morgan fingerprint density at radius 2 is 2.00 bits per heavy atom. The molecule has 1 atom stereocenters. The van der Waals surface area contributed by atoms with E-state index in [2.05, 4.69) is 24.8 Å². The van der Waals surface area contributed by atoms with E-state index in [4.69, 9.17) is 9.47 Å². The topological polar surface area (TPSA) is 42.0 Å². The lowest BCUT2D eigenvalue weighted by molar-refractivity contribution is -0.132. The van der Waals surface area contributed by atoms with Crippen molar-refractivity contribution in [2.45, 2.75) is 39.0 Å². The molecule has 1 fully saturated rings. The zero-order chi connectivity index (χ0) is 19.6. The summed E-state index contributed by atoms with van der Waals surface area (Å²) in [6, 6.07) is 8.05. The first kappa shape index (κ1) is 21.7. The van der Waals surface area contributed by atoms with Crippen LogP contribution in [0.1, 0.15) is 44.6 Å². The Labute approximate surface area is 164 Å². The molecule has 1 aromatic carbocycles. The van der Waals surface area contributed by atoms with Gasteiger partial charge in [0.25, 0.3) is 5.91 Å². The van der Waals surface area contributed by atoms with E-state index in [1.807, 2.05) is 30.1 Å². The first-order valence-corrected chi connectivity index (χ1v) is 10.2. The van der Waals surface area contributed by atoms with Crippen LogP contribution in [0.5, 0.6) is 5.75 Å². The van der Waals surface area contributed by atoms with Crippen LogP contribution >= 0.6 is 0 Å². The van der Waals surface area contributed by atoms with Crippen LogP contribution in [-0.4, -0.2) is 69.3 Å². The third kappa shape index (κ3) is 6.82. The first-order valence-electron chi connectivity index (χ1n) is 10.2. The third-order valence-electron chi connectivity index (χ3n) is 5.69. The van der Waals surface area contributed by atoms with Gasteiger partial charge in [0.05, 0.1) is 6.61 Å². The second-order valence-corrected chi connectivity index (χ2v) is 7.69. The minimum atomic E-state index is 0.0516. The lowest BCUT2D eigenvalue weighted by Crippen LogP contribution is -2.41. The molecule has 1 aliphatic heterocycles. The third-order valence-corrected chi connectivity index (χ3v) is 5.69. The molecule has 27 heavy (non-hydrogen) atoms. The van der Waals surface area contributed by atoms with Crippen molar-refractivity contribution >= 4 is 5.91 Å². The molecule has 0 N–H and O–H groups in total. The molecule has 152 valence electrons. The maximum Gasteiger partial charge on any atom is 0.260 e. The zero-order valence-electron chi connectivity index (χ0n) is 17.4. The molecule has 0 aromatic heterocycles. The van der Waals surface area contributed by atoms with Crippen molar-refractivity contribution in [2.24, 2.45) is 5.92 Å². The van der Waals surface area contributed by atoms with Crippen molar-refractivity contribution < 1.29 is 14.3 Å². The number of hydrogen-bond acceptors (Lipinski definition) is 4. The van der Waals surface area contributed by atoms with Crippen LogP contribution < -0.4 is 4.74 Å². The van der Waals surface area contributed by atoms with Crippen molar-refractivity contribution in [1.29, 1.82) is 0 Å². The molecule has 2 rings (SSSR count). The Bertz CT molecular complexity index is 570. The van der Waals surface area contributed by atoms with Gasteiger partial charge in [0.15, 0.2) is 6.61 Å². The van der Waals surface area contributed by atoms with Crippen LogP contribution in [0.3, 0.4) is 0 Å². The molecular weight excluding hydrogens is 340 g/mol. The number of para-hydroxylation sites is 1. The quantitative estimate of drug-likeness (QED) is 0.628. The number of likely N-dealkylation sites (tertiary alicyclic amines) is 1. The van der Waals surface area contributed by atoms with E-state index in [-0.39, 0.29) is 12.5 Å². The summed E-state index contributed by atoms with van der Waals surface area (Å²) in [6.45, 7) is 9.25. The summed E-state index contributed by atoms with van der Waals surface area (Å²) in [5.74, 6) is 1.89. The Balaban J connectivity index is 1.77. The smallest absolute Gasteiger partial charge is 0.260 e. The highest BCUT2D eigenvalue weighted by atomic mass is 16.5. The van der Waals surface area contributed by atoms with Crippen LogP contribution in [-0.2, 0) is 9.53 Å². The fourth-order valence-electron chi connectivity index (χ4n) is 3.59. The maximum absolute atomic E-state index is 12.5. The largest absolute Gasteiger partial charge is 0.483 e. The SMILES string of the molecule is CC[C@H](C)c1ccccc1OCC(=O)N(C)CC1CCN(CCOC)CC1. The lowest BCUT2D eigenvalue weighted by atomic mass is 9.96. The van der Waals surface area contributed by atoms with Crippen molar-refractivity contribution in [3.63, 3.8) is 0 Å². The number of benzene rings is 1. The van der Waals surface area contributed by atoms with Crippen LogP contribution in [0.25, 0.3) is 0 Å². The average Bonchev–Trinajstić information content (AvgIpc) is 2.71. The highest BCUT2D eigenvalue weighted by Gasteiger charge is 2.22. The molecule has 0 saturated carbocycles. The van der Waals surface area contributed by atoms with Crippen molar-refractivity contribution in [3.05, 3.63) is 29.8 Å². The molecule has 0 aliphatic carbocycles. The van der Waals surface area contributed by atoms with Gasteiger partial charge in [-0.15, -0.1) is 0 Å². The van der Waals surface area contributed by atoms with Gasteiger partial charge < -0.3 is 19.3 Å². The Kier molecular flexibility index (Phi) is 9.08. The van der Waals surface area contributed by atoms with Gasteiger partial charge in [-0.2, -0.15) is 0 Å². The molecule has 1 heterocycles. The fraction of sp³-hybridized carbons (Fsp3) is 0.682. The van der Waals surface area contributed by atoms with E-state index in [1.165, 1.54) is 5.56 Å². The summed E-state index contributed by atoms with van der Waals surface area (Å²) in [7, 11) is 3.64. The molecule has 5 heteroatoms. The number of piperidine rings is 1. The van der Waals surface area contributed by atoms with Gasteiger partial charge in [-0.05, 0) is 55.8 Å². The van der Waals surface area contributed by atoms with E-state index >= 15 is 0 Å². The summed E-state index contributed by atoms with van der Waals surface area (Å²) in [4.78, 5) is 16.8. The minimum absolute atomic E-state index is 0.0516. The van der Waals surface area contributed by atoms with Gasteiger partial charge in [-0.3, -0.25) is 4.79 Å². The number of likely N-dealkylation sites (N-methyl/N-ethyl adjacent to an activating group) is 1. The molecule has 1 amide bonds. The molecule has 1 aliphatic rings. The molecule has 0 bridgehead atoms. The highest BCUT2D eigenvalue weighted by molar-refractivity contribution is 5.77. The van der Waals surface area contributed by atoms with Crippen LogP contribution in [0, 0.1) is 5.92 Å². The summed E-state index contributed by atoms with van der Waals surface area (Å²) >= 11 is 0. The maximum atomic E-state index is 12.5. The number of nitrogens with zero attached hydrogens (tertiary/aromatic N) is 2. The number of methoxy groups -OCH3 is 1. The Morgan fingerprint density at radius 1 is 1.30 bits per heavy atom. The summed E-state index contributed by atoms with van der Waals surface area (Å²) in [5.41, 5.74) is 1.18. The van der Waals surface area contributed by atoms with E-state index in [1.54, 1.807) is 7.11 Å². The second kappa shape index (κ2) is 11.3. The predicted octanol–water partition coefficient (Wildman–Crippen LogP) is 3.40. The number of hydrogen-bond donors (Lipinski definition) is 0. The van der Waals surface area contributed by atoms with Gasteiger partial charge in [0.2, 0.25) is 0 Å². The molecular formula is C22H36N2O3. The number of ether oxygens (including phenoxy) is 2. The van der Waals surface area contributed by atoms with Crippen molar-refractivity contribution in [1.82, 2.24) is 9.80 Å². The van der Waals surface area contributed by atoms with Gasteiger partial charge >= 0.3 is 0 Å². The monoisotopic (exact) mass is 376 g/mol. The highest BCUT2D eigenvalue weighted by Crippen LogP contribution is 2.28. The number of rotatable bonds is 10.